The third-order valence-corrected chi connectivity index (χ3v) is 5.57. The van der Waals surface area contributed by atoms with Gasteiger partial charge in [0, 0.05) is 42.2 Å². The van der Waals surface area contributed by atoms with Crippen LogP contribution in [0.15, 0.2) is 91.5 Å². The average Bonchev–Trinajstić information content (AvgIpc) is 3.40. The number of para-hydroxylation sites is 1. The zero-order valence-corrected chi connectivity index (χ0v) is 18.4. The van der Waals surface area contributed by atoms with Gasteiger partial charge in [-0.1, -0.05) is 42.5 Å². The highest BCUT2D eigenvalue weighted by atomic mass is 16.3. The van der Waals surface area contributed by atoms with Crippen molar-refractivity contribution >= 4 is 16.9 Å². The number of aryl methyl sites for hydroxylation is 1. The number of phenols is 1. The van der Waals surface area contributed by atoms with Crippen molar-refractivity contribution in [1.29, 1.82) is 0 Å². The quantitative estimate of drug-likeness (QED) is 0.352. The van der Waals surface area contributed by atoms with Crippen molar-refractivity contribution in [2.24, 2.45) is 0 Å². The van der Waals surface area contributed by atoms with Crippen LogP contribution in [0.2, 0.25) is 0 Å². The van der Waals surface area contributed by atoms with Crippen LogP contribution in [0.5, 0.6) is 5.75 Å². The molecule has 1 amide bonds. The summed E-state index contributed by atoms with van der Waals surface area (Å²) in [6.45, 7) is 1.35. The molecule has 5 rings (SSSR count). The van der Waals surface area contributed by atoms with Gasteiger partial charge in [0.1, 0.15) is 11.4 Å². The van der Waals surface area contributed by atoms with Gasteiger partial charge in [-0.3, -0.25) is 4.79 Å². The summed E-state index contributed by atoms with van der Waals surface area (Å²) in [4.78, 5) is 26.4. The molecule has 0 unspecified atom stereocenters. The van der Waals surface area contributed by atoms with Crippen LogP contribution in [0, 0.1) is 0 Å². The normalized spacial score (nSPS) is 10.9. The molecular formula is C27H23N5O2. The third kappa shape index (κ3) is 4.49. The van der Waals surface area contributed by atoms with Crippen molar-refractivity contribution in [2.75, 3.05) is 6.54 Å². The number of rotatable bonds is 7. The molecule has 0 aliphatic heterocycles. The molecule has 0 fully saturated rings. The van der Waals surface area contributed by atoms with Crippen LogP contribution in [0.4, 0.5) is 0 Å². The Morgan fingerprint density at radius 2 is 1.71 bits per heavy atom. The number of hydrogen-bond donors (Lipinski definition) is 2. The van der Waals surface area contributed by atoms with Gasteiger partial charge in [-0.15, -0.1) is 0 Å². The Bertz CT molecular complexity index is 1430. The van der Waals surface area contributed by atoms with Gasteiger partial charge in [0.15, 0.2) is 0 Å². The first kappa shape index (κ1) is 21.3. The van der Waals surface area contributed by atoms with E-state index in [1.54, 1.807) is 42.9 Å². The summed E-state index contributed by atoms with van der Waals surface area (Å²) in [7, 11) is 0. The van der Waals surface area contributed by atoms with Crippen molar-refractivity contribution in [1.82, 2.24) is 24.8 Å². The fraction of sp³-hybridized carbons (Fsp3) is 0.111. The highest BCUT2D eigenvalue weighted by Crippen LogP contribution is 2.35. The number of benzene rings is 3. The van der Waals surface area contributed by atoms with E-state index in [1.165, 1.54) is 0 Å². The lowest BCUT2D eigenvalue weighted by atomic mass is 10.0. The fourth-order valence-electron chi connectivity index (χ4n) is 3.84. The summed E-state index contributed by atoms with van der Waals surface area (Å²) in [5.41, 5.74) is 4.51. The molecule has 168 valence electrons. The monoisotopic (exact) mass is 449 g/mol. The van der Waals surface area contributed by atoms with Crippen LogP contribution >= 0.6 is 0 Å². The second-order valence-electron chi connectivity index (χ2n) is 7.92. The largest absolute Gasteiger partial charge is 0.507 e. The van der Waals surface area contributed by atoms with E-state index in [1.807, 2.05) is 53.2 Å². The van der Waals surface area contributed by atoms with Gasteiger partial charge < -0.3 is 15.0 Å². The number of nitrogens with zero attached hydrogens (tertiary/aromatic N) is 4. The topological polar surface area (TPSA) is 92.9 Å². The number of nitrogens with one attached hydrogen (secondary N) is 1. The number of aromatic hydroxyl groups is 1. The molecule has 0 saturated heterocycles. The lowest BCUT2D eigenvalue weighted by Crippen LogP contribution is -2.25. The van der Waals surface area contributed by atoms with Gasteiger partial charge in [-0.25, -0.2) is 15.0 Å². The van der Waals surface area contributed by atoms with E-state index in [0.717, 1.165) is 18.5 Å². The van der Waals surface area contributed by atoms with E-state index < -0.39 is 0 Å². The lowest BCUT2D eigenvalue weighted by Gasteiger charge is -2.12. The minimum absolute atomic E-state index is 0.139. The van der Waals surface area contributed by atoms with Crippen LogP contribution in [0.3, 0.4) is 0 Å². The molecule has 5 aromatic rings. The molecule has 0 aliphatic rings. The Balaban J connectivity index is 1.46. The minimum Gasteiger partial charge on any atom is -0.507 e. The first-order valence-corrected chi connectivity index (χ1v) is 11.1. The van der Waals surface area contributed by atoms with Crippen LogP contribution in [-0.2, 0) is 6.54 Å². The number of hydrogen-bond acceptors (Lipinski definition) is 5. The van der Waals surface area contributed by atoms with E-state index >= 15 is 0 Å². The Labute approximate surface area is 196 Å². The second kappa shape index (κ2) is 9.54. The summed E-state index contributed by atoms with van der Waals surface area (Å²) in [5.74, 6) is -0.0135. The zero-order chi connectivity index (χ0) is 23.3. The van der Waals surface area contributed by atoms with Crippen LogP contribution in [0.1, 0.15) is 16.8 Å². The maximum Gasteiger partial charge on any atom is 0.251 e. The van der Waals surface area contributed by atoms with E-state index in [9.17, 15) is 9.90 Å². The van der Waals surface area contributed by atoms with E-state index in [4.69, 9.17) is 9.97 Å². The first-order valence-electron chi connectivity index (χ1n) is 11.1. The van der Waals surface area contributed by atoms with Crippen molar-refractivity contribution in [2.45, 2.75) is 13.0 Å². The summed E-state index contributed by atoms with van der Waals surface area (Å²) < 4.78 is 1.98. The standard InChI is InChI=1S/C27H23N5O2/c33-24-10-5-4-9-21(24)26-25(19-7-2-1-3-8-19)31-23-17-20(11-12-22(23)30-26)27(34)29-13-6-15-32-16-14-28-18-32/h1-5,7-12,14,16-18,33H,6,13,15H2,(H,29,34). The Kier molecular flexibility index (Phi) is 5.99. The van der Waals surface area contributed by atoms with Crippen LogP contribution in [0.25, 0.3) is 33.5 Å². The molecule has 2 aromatic heterocycles. The average molecular weight is 450 g/mol. The summed E-state index contributed by atoms with van der Waals surface area (Å²) in [5, 5.41) is 13.4. The van der Waals surface area contributed by atoms with E-state index in [2.05, 4.69) is 10.3 Å². The molecular weight excluding hydrogens is 426 g/mol. The van der Waals surface area contributed by atoms with Crippen molar-refractivity contribution in [3.8, 4) is 28.3 Å². The molecule has 7 nitrogen and oxygen atoms in total. The maximum atomic E-state index is 12.7. The number of carbonyl (C=O) groups is 1. The first-order chi connectivity index (χ1) is 16.7. The molecule has 0 aliphatic carbocycles. The minimum atomic E-state index is -0.152. The smallest absolute Gasteiger partial charge is 0.251 e. The zero-order valence-electron chi connectivity index (χ0n) is 18.4. The van der Waals surface area contributed by atoms with Crippen molar-refractivity contribution < 1.29 is 9.90 Å². The highest BCUT2D eigenvalue weighted by molar-refractivity contribution is 5.98. The van der Waals surface area contributed by atoms with E-state index in [-0.39, 0.29) is 11.7 Å². The van der Waals surface area contributed by atoms with Crippen molar-refractivity contribution in [3.05, 3.63) is 97.1 Å². The fourth-order valence-corrected chi connectivity index (χ4v) is 3.84. The number of phenolic OH excluding ortho intramolecular Hbond substituents is 1. The van der Waals surface area contributed by atoms with Crippen molar-refractivity contribution in [3.63, 3.8) is 0 Å². The number of carbonyl (C=O) groups excluding carboxylic acids is 1. The van der Waals surface area contributed by atoms with Gasteiger partial charge in [0.05, 0.1) is 23.1 Å². The lowest BCUT2D eigenvalue weighted by molar-refractivity contribution is 0.0953. The van der Waals surface area contributed by atoms with Gasteiger partial charge in [0.25, 0.3) is 5.91 Å². The molecule has 34 heavy (non-hydrogen) atoms. The summed E-state index contributed by atoms with van der Waals surface area (Å²) in [6, 6.07) is 22.1. The molecule has 0 atom stereocenters. The Morgan fingerprint density at radius 1 is 0.912 bits per heavy atom. The second-order valence-corrected chi connectivity index (χ2v) is 7.92. The number of imidazole rings is 1. The third-order valence-electron chi connectivity index (χ3n) is 5.57. The number of aromatic nitrogens is 4. The molecule has 7 heteroatoms. The molecule has 0 spiro atoms. The predicted molar refractivity (Wildman–Crippen MR) is 131 cm³/mol. The maximum absolute atomic E-state index is 12.7. The van der Waals surface area contributed by atoms with E-state index in [0.29, 0.717) is 40.1 Å². The van der Waals surface area contributed by atoms with Crippen LogP contribution in [-0.4, -0.2) is 37.1 Å². The van der Waals surface area contributed by atoms with Gasteiger partial charge in [-0.05, 0) is 36.8 Å². The SMILES string of the molecule is O=C(NCCCn1ccnc1)c1ccc2nc(-c3ccccc3O)c(-c3ccccc3)nc2c1. The molecule has 0 saturated carbocycles. The Morgan fingerprint density at radius 3 is 2.50 bits per heavy atom. The predicted octanol–water partition coefficient (Wildman–Crippen LogP) is 4.69. The number of fused-ring (bicyclic) bond motifs is 1. The summed E-state index contributed by atoms with van der Waals surface area (Å²) in [6.07, 6.45) is 6.20. The van der Waals surface area contributed by atoms with Gasteiger partial charge >= 0.3 is 0 Å². The molecule has 0 bridgehead atoms. The Hall–Kier alpha value is -4.52. The molecule has 2 heterocycles. The molecule has 3 aromatic carbocycles. The van der Waals surface area contributed by atoms with Crippen LogP contribution < -0.4 is 5.32 Å². The molecule has 2 N–H and O–H groups in total. The summed E-state index contributed by atoms with van der Waals surface area (Å²) >= 11 is 0. The molecule has 0 radical (unpaired) electrons. The van der Waals surface area contributed by atoms with Gasteiger partial charge in [-0.2, -0.15) is 0 Å². The van der Waals surface area contributed by atoms with Gasteiger partial charge in [0.2, 0.25) is 0 Å². The highest BCUT2D eigenvalue weighted by Gasteiger charge is 2.16. The number of amides is 1.